The van der Waals surface area contributed by atoms with Crippen LogP contribution in [0.5, 0.6) is 0 Å². The molecule has 0 amide bonds. The molecule has 0 fully saturated rings. The molecular weight excluding hydrogens is 256 g/mol. The lowest BCUT2D eigenvalue weighted by atomic mass is 10.2. The molecule has 2 N–H and O–H groups in total. The van der Waals surface area contributed by atoms with Gasteiger partial charge in [0.1, 0.15) is 11.3 Å². The van der Waals surface area contributed by atoms with E-state index in [9.17, 15) is 8.78 Å². The molecule has 1 unspecified atom stereocenters. The summed E-state index contributed by atoms with van der Waals surface area (Å²) in [6.07, 6.45) is 2.02. The fourth-order valence-corrected chi connectivity index (χ4v) is 2.68. The molecule has 3 nitrogen and oxygen atoms in total. The van der Waals surface area contributed by atoms with Crippen LogP contribution in [0.2, 0.25) is 0 Å². The molecule has 1 atom stereocenters. The molecule has 1 aromatic carbocycles. The number of benzene rings is 1. The highest BCUT2D eigenvalue weighted by molar-refractivity contribution is 7.98. The Hall–Kier alpha value is -1.30. The van der Waals surface area contributed by atoms with Crippen LogP contribution in [-0.2, 0) is 6.54 Å². The molecule has 0 aliphatic heterocycles. The van der Waals surface area contributed by atoms with Crippen molar-refractivity contribution in [3.8, 4) is 0 Å². The van der Waals surface area contributed by atoms with Gasteiger partial charge in [0.25, 0.3) is 0 Å². The Morgan fingerprint density at radius 1 is 1.44 bits per heavy atom. The van der Waals surface area contributed by atoms with Crippen molar-refractivity contribution in [3.63, 3.8) is 0 Å². The Kier molecular flexibility index (Phi) is 3.75. The van der Waals surface area contributed by atoms with Gasteiger partial charge in [0.15, 0.2) is 5.82 Å². The van der Waals surface area contributed by atoms with E-state index in [4.69, 9.17) is 5.73 Å². The summed E-state index contributed by atoms with van der Waals surface area (Å²) in [4.78, 5) is 3.96. The van der Waals surface area contributed by atoms with Crippen molar-refractivity contribution >= 4 is 28.7 Å². The van der Waals surface area contributed by atoms with Crippen LogP contribution in [0.15, 0.2) is 12.1 Å². The van der Waals surface area contributed by atoms with Crippen molar-refractivity contribution in [3.05, 3.63) is 23.8 Å². The highest BCUT2D eigenvalue weighted by Gasteiger charge is 2.15. The Balaban J connectivity index is 2.46. The Morgan fingerprint density at radius 2 is 2.17 bits per heavy atom. The van der Waals surface area contributed by atoms with Gasteiger partial charge >= 0.3 is 0 Å². The summed E-state index contributed by atoms with van der Waals surface area (Å²) in [5.41, 5.74) is 6.32. The lowest BCUT2D eigenvalue weighted by molar-refractivity contribution is 0.544. The Bertz CT molecular complexity index is 568. The van der Waals surface area contributed by atoms with Gasteiger partial charge in [-0.3, -0.25) is 0 Å². The number of aromatic nitrogens is 2. The molecule has 1 heterocycles. The Labute approximate surface area is 108 Å². The molecular formula is C12H15F2N3S. The third kappa shape index (κ3) is 2.43. The maximum absolute atomic E-state index is 13.6. The van der Waals surface area contributed by atoms with E-state index in [1.54, 1.807) is 16.3 Å². The van der Waals surface area contributed by atoms with Crippen LogP contribution in [0.1, 0.15) is 6.92 Å². The first-order valence-corrected chi connectivity index (χ1v) is 7.02. The SMILES string of the molecule is CSCC(C)Cn1c(N)nc2c(F)cc(F)cc21. The zero-order valence-electron chi connectivity index (χ0n) is 10.3. The smallest absolute Gasteiger partial charge is 0.201 e. The number of nitrogen functional groups attached to an aromatic ring is 1. The normalized spacial score (nSPS) is 13.1. The quantitative estimate of drug-likeness (QED) is 0.930. The zero-order valence-corrected chi connectivity index (χ0v) is 11.1. The van der Waals surface area contributed by atoms with Gasteiger partial charge in [-0.1, -0.05) is 6.92 Å². The van der Waals surface area contributed by atoms with Crippen molar-refractivity contribution in [1.29, 1.82) is 0 Å². The summed E-state index contributed by atoms with van der Waals surface area (Å²) in [6, 6.07) is 2.10. The van der Waals surface area contributed by atoms with Crippen LogP contribution in [-0.4, -0.2) is 21.6 Å². The van der Waals surface area contributed by atoms with Gasteiger partial charge in [-0.05, 0) is 17.9 Å². The second kappa shape index (κ2) is 5.14. The summed E-state index contributed by atoms with van der Waals surface area (Å²) in [7, 11) is 0. The van der Waals surface area contributed by atoms with Crippen molar-refractivity contribution in [2.75, 3.05) is 17.7 Å². The number of hydrogen-bond acceptors (Lipinski definition) is 3. The molecule has 2 aromatic rings. The van der Waals surface area contributed by atoms with Gasteiger partial charge in [-0.2, -0.15) is 11.8 Å². The summed E-state index contributed by atoms with van der Waals surface area (Å²) in [5, 5.41) is 0. The average molecular weight is 271 g/mol. The first-order valence-electron chi connectivity index (χ1n) is 5.62. The number of anilines is 1. The van der Waals surface area contributed by atoms with E-state index < -0.39 is 11.6 Å². The molecule has 0 radical (unpaired) electrons. The fourth-order valence-electron chi connectivity index (χ4n) is 2.01. The summed E-state index contributed by atoms with van der Waals surface area (Å²) in [5.74, 6) is 0.247. The number of fused-ring (bicyclic) bond motifs is 1. The van der Waals surface area contributed by atoms with Crippen molar-refractivity contribution < 1.29 is 8.78 Å². The van der Waals surface area contributed by atoms with Crippen molar-refractivity contribution in [1.82, 2.24) is 9.55 Å². The van der Waals surface area contributed by atoms with Gasteiger partial charge in [-0.15, -0.1) is 0 Å². The summed E-state index contributed by atoms with van der Waals surface area (Å²) in [6.45, 7) is 2.67. The molecule has 98 valence electrons. The molecule has 0 aliphatic rings. The van der Waals surface area contributed by atoms with Crippen LogP contribution >= 0.6 is 11.8 Å². The third-order valence-electron chi connectivity index (χ3n) is 2.75. The van der Waals surface area contributed by atoms with E-state index >= 15 is 0 Å². The van der Waals surface area contributed by atoms with Crippen LogP contribution in [0.4, 0.5) is 14.7 Å². The van der Waals surface area contributed by atoms with E-state index in [1.807, 2.05) is 6.26 Å². The van der Waals surface area contributed by atoms with Gasteiger partial charge in [0.2, 0.25) is 5.95 Å². The number of imidazole rings is 1. The first-order chi connectivity index (χ1) is 8.52. The van der Waals surface area contributed by atoms with Gasteiger partial charge in [0.05, 0.1) is 5.52 Å². The number of hydrogen-bond donors (Lipinski definition) is 1. The van der Waals surface area contributed by atoms with Crippen LogP contribution in [0.25, 0.3) is 11.0 Å². The van der Waals surface area contributed by atoms with E-state index in [2.05, 4.69) is 11.9 Å². The molecule has 0 saturated carbocycles. The maximum Gasteiger partial charge on any atom is 0.201 e. The molecule has 0 bridgehead atoms. The predicted octanol–water partition coefficient (Wildman–Crippen LogP) is 2.90. The van der Waals surface area contributed by atoms with Crippen LogP contribution in [0, 0.1) is 17.6 Å². The zero-order chi connectivity index (χ0) is 13.3. The fraction of sp³-hybridized carbons (Fsp3) is 0.417. The molecule has 0 spiro atoms. The topological polar surface area (TPSA) is 43.8 Å². The van der Waals surface area contributed by atoms with E-state index in [-0.39, 0.29) is 11.5 Å². The average Bonchev–Trinajstić information content (AvgIpc) is 2.58. The monoisotopic (exact) mass is 271 g/mol. The van der Waals surface area contributed by atoms with E-state index in [1.165, 1.54) is 6.07 Å². The third-order valence-corrected chi connectivity index (χ3v) is 3.65. The highest BCUT2D eigenvalue weighted by Crippen LogP contribution is 2.23. The molecule has 0 saturated heterocycles. The predicted molar refractivity (Wildman–Crippen MR) is 71.6 cm³/mol. The first kappa shape index (κ1) is 13.1. The molecule has 0 aliphatic carbocycles. The summed E-state index contributed by atoms with van der Waals surface area (Å²) < 4.78 is 28.5. The number of thioether (sulfide) groups is 1. The number of rotatable bonds is 4. The highest BCUT2D eigenvalue weighted by atomic mass is 32.2. The number of nitrogens with two attached hydrogens (primary N) is 1. The van der Waals surface area contributed by atoms with Crippen molar-refractivity contribution in [2.24, 2.45) is 5.92 Å². The number of nitrogens with zero attached hydrogens (tertiary/aromatic N) is 2. The van der Waals surface area contributed by atoms with Crippen molar-refractivity contribution in [2.45, 2.75) is 13.5 Å². The second-order valence-corrected chi connectivity index (χ2v) is 5.31. The minimum atomic E-state index is -0.673. The lowest BCUT2D eigenvalue weighted by Crippen LogP contribution is -2.12. The molecule has 6 heteroatoms. The molecule has 1 aromatic heterocycles. The molecule has 2 rings (SSSR count). The number of halogens is 2. The van der Waals surface area contributed by atoms with E-state index in [0.29, 0.717) is 18.0 Å². The van der Waals surface area contributed by atoms with Crippen LogP contribution in [0.3, 0.4) is 0 Å². The van der Waals surface area contributed by atoms with Gasteiger partial charge in [-0.25, -0.2) is 13.8 Å². The lowest BCUT2D eigenvalue weighted by Gasteiger charge is -2.12. The second-order valence-electron chi connectivity index (χ2n) is 4.40. The summed E-state index contributed by atoms with van der Waals surface area (Å²) >= 11 is 1.73. The Morgan fingerprint density at radius 3 is 2.83 bits per heavy atom. The standard InChI is InChI=1S/C12H15F2N3S/c1-7(6-18-2)5-17-10-4-8(13)3-9(14)11(10)16-12(17)15/h3-4,7H,5-6H2,1-2H3,(H2,15,16). The van der Waals surface area contributed by atoms with Crippen LogP contribution < -0.4 is 5.73 Å². The minimum absolute atomic E-state index is 0.130. The molecule has 18 heavy (non-hydrogen) atoms. The maximum atomic E-state index is 13.6. The minimum Gasteiger partial charge on any atom is -0.369 e. The van der Waals surface area contributed by atoms with E-state index in [0.717, 1.165) is 11.8 Å². The van der Waals surface area contributed by atoms with Gasteiger partial charge < -0.3 is 10.3 Å². The van der Waals surface area contributed by atoms with Gasteiger partial charge in [0, 0.05) is 18.7 Å². The largest absolute Gasteiger partial charge is 0.369 e.